The van der Waals surface area contributed by atoms with Crippen LogP contribution < -0.4 is 5.32 Å². The van der Waals surface area contributed by atoms with Crippen molar-refractivity contribution in [3.05, 3.63) is 22.4 Å². The molecule has 0 fully saturated rings. The maximum Gasteiger partial charge on any atom is 0.0440 e. The van der Waals surface area contributed by atoms with E-state index in [1.165, 1.54) is 11.3 Å². The quantitative estimate of drug-likeness (QED) is 0.772. The summed E-state index contributed by atoms with van der Waals surface area (Å²) < 4.78 is 0. The molecule has 2 atom stereocenters. The van der Waals surface area contributed by atoms with Gasteiger partial charge in [-0.2, -0.15) is 0 Å². The fraction of sp³-hybridized carbons (Fsp3) is 0.714. The molecule has 1 aromatic heterocycles. The van der Waals surface area contributed by atoms with Crippen LogP contribution in [0.5, 0.6) is 0 Å². The van der Waals surface area contributed by atoms with Crippen LogP contribution in [0.4, 0.5) is 0 Å². The third kappa shape index (κ3) is 4.26. The summed E-state index contributed by atoms with van der Waals surface area (Å²) in [6.45, 7) is 11.4. The molecule has 1 N–H and O–H groups in total. The van der Waals surface area contributed by atoms with E-state index in [2.05, 4.69) is 57.4 Å². The van der Waals surface area contributed by atoms with Crippen molar-refractivity contribution in [2.24, 2.45) is 11.8 Å². The molecule has 0 bridgehead atoms. The van der Waals surface area contributed by atoms with Crippen LogP contribution in [-0.4, -0.2) is 6.04 Å². The van der Waals surface area contributed by atoms with Crippen LogP contribution in [0.3, 0.4) is 0 Å². The van der Waals surface area contributed by atoms with E-state index in [9.17, 15) is 0 Å². The Hall–Kier alpha value is -0.340. The van der Waals surface area contributed by atoms with Gasteiger partial charge < -0.3 is 5.32 Å². The lowest BCUT2D eigenvalue weighted by Gasteiger charge is -2.26. The van der Waals surface area contributed by atoms with E-state index >= 15 is 0 Å². The fourth-order valence-electron chi connectivity index (χ4n) is 2.15. The lowest BCUT2D eigenvalue weighted by molar-refractivity contribution is 0.342. The third-order valence-corrected chi connectivity index (χ3v) is 3.76. The summed E-state index contributed by atoms with van der Waals surface area (Å²) in [6, 6.07) is 5.48. The lowest BCUT2D eigenvalue weighted by Crippen LogP contribution is -2.33. The molecule has 92 valence electrons. The monoisotopic (exact) mass is 239 g/mol. The summed E-state index contributed by atoms with van der Waals surface area (Å²) in [7, 11) is 0. The topological polar surface area (TPSA) is 12.0 Å². The van der Waals surface area contributed by atoms with Crippen molar-refractivity contribution in [1.82, 2.24) is 5.32 Å². The molecule has 2 heteroatoms. The van der Waals surface area contributed by atoms with Crippen LogP contribution in [0.15, 0.2) is 17.5 Å². The average molecular weight is 239 g/mol. The Bertz CT molecular complexity index is 277. The van der Waals surface area contributed by atoms with E-state index in [1.807, 2.05) is 11.3 Å². The van der Waals surface area contributed by atoms with E-state index in [1.54, 1.807) is 0 Å². The first-order chi connectivity index (χ1) is 7.50. The van der Waals surface area contributed by atoms with Crippen LogP contribution in [0.2, 0.25) is 0 Å². The second kappa shape index (κ2) is 6.41. The minimum absolute atomic E-state index is 0.508. The molecule has 16 heavy (non-hydrogen) atoms. The number of rotatable bonds is 6. The third-order valence-electron chi connectivity index (χ3n) is 2.81. The first-order valence-corrected chi connectivity index (χ1v) is 7.18. The second-order valence-corrected chi connectivity index (χ2v) is 6.41. The minimum Gasteiger partial charge on any atom is -0.307 e. The first kappa shape index (κ1) is 13.7. The number of hydrogen-bond acceptors (Lipinski definition) is 2. The number of nitrogens with one attached hydrogen (secondary N) is 1. The van der Waals surface area contributed by atoms with E-state index in [0.29, 0.717) is 18.0 Å². The van der Waals surface area contributed by atoms with Gasteiger partial charge in [-0.1, -0.05) is 33.8 Å². The molecule has 0 aliphatic heterocycles. The van der Waals surface area contributed by atoms with Crippen molar-refractivity contribution in [2.75, 3.05) is 0 Å². The molecule has 1 rings (SSSR count). The molecule has 0 amide bonds. The molecule has 0 saturated heterocycles. The minimum atomic E-state index is 0.508. The Morgan fingerprint density at radius 2 is 1.88 bits per heavy atom. The zero-order valence-electron chi connectivity index (χ0n) is 11.2. The maximum atomic E-state index is 3.76. The zero-order chi connectivity index (χ0) is 12.1. The van der Waals surface area contributed by atoms with Crippen molar-refractivity contribution in [2.45, 2.75) is 53.1 Å². The summed E-state index contributed by atoms with van der Waals surface area (Å²) in [4.78, 5) is 1.46. The van der Waals surface area contributed by atoms with Crippen molar-refractivity contribution < 1.29 is 0 Å². The molecular formula is C14H25NS. The van der Waals surface area contributed by atoms with E-state index < -0.39 is 0 Å². The van der Waals surface area contributed by atoms with Gasteiger partial charge in [0.2, 0.25) is 0 Å². The maximum absolute atomic E-state index is 3.76. The lowest BCUT2D eigenvalue weighted by atomic mass is 9.99. The number of hydrogen-bond donors (Lipinski definition) is 1. The Morgan fingerprint density at radius 3 is 2.31 bits per heavy atom. The molecule has 0 spiro atoms. The summed E-state index contributed by atoms with van der Waals surface area (Å²) in [6.07, 6.45) is 1.24. The van der Waals surface area contributed by atoms with Gasteiger partial charge in [0.25, 0.3) is 0 Å². The highest BCUT2D eigenvalue weighted by atomic mass is 32.1. The van der Waals surface area contributed by atoms with Gasteiger partial charge in [-0.25, -0.2) is 0 Å². The molecule has 0 aliphatic rings. The normalized spacial score (nSPS) is 15.7. The highest BCUT2D eigenvalue weighted by molar-refractivity contribution is 7.10. The Balaban J connectivity index is 2.59. The molecular weight excluding hydrogens is 214 g/mol. The van der Waals surface area contributed by atoms with E-state index in [4.69, 9.17) is 0 Å². The summed E-state index contributed by atoms with van der Waals surface area (Å²) in [5.74, 6) is 1.41. The molecule has 0 aliphatic carbocycles. The van der Waals surface area contributed by atoms with E-state index in [-0.39, 0.29) is 0 Å². The van der Waals surface area contributed by atoms with Crippen molar-refractivity contribution in [1.29, 1.82) is 0 Å². The van der Waals surface area contributed by atoms with Crippen molar-refractivity contribution in [3.8, 4) is 0 Å². The highest BCUT2D eigenvalue weighted by Gasteiger charge is 2.18. The molecule has 0 aromatic carbocycles. The van der Waals surface area contributed by atoms with Gasteiger partial charge in [0.05, 0.1) is 0 Å². The van der Waals surface area contributed by atoms with Crippen LogP contribution in [-0.2, 0) is 0 Å². The first-order valence-electron chi connectivity index (χ1n) is 6.30. The van der Waals surface area contributed by atoms with Gasteiger partial charge in [-0.15, -0.1) is 11.3 Å². The van der Waals surface area contributed by atoms with Gasteiger partial charge >= 0.3 is 0 Å². The van der Waals surface area contributed by atoms with Crippen LogP contribution in [0, 0.1) is 11.8 Å². The van der Waals surface area contributed by atoms with Gasteiger partial charge in [0, 0.05) is 17.0 Å². The largest absolute Gasteiger partial charge is 0.307 e. The summed E-state index contributed by atoms with van der Waals surface area (Å²) in [5, 5.41) is 5.93. The SMILES string of the molecule is CC(C)CC(C)NC(c1cccs1)C(C)C. The molecule has 1 aromatic rings. The smallest absolute Gasteiger partial charge is 0.0440 e. The van der Waals surface area contributed by atoms with Gasteiger partial charge in [0.1, 0.15) is 0 Å². The van der Waals surface area contributed by atoms with Gasteiger partial charge in [-0.05, 0) is 36.6 Å². The molecule has 2 unspecified atom stereocenters. The average Bonchev–Trinajstić information content (AvgIpc) is 2.64. The standard InChI is InChI=1S/C14H25NS/c1-10(2)9-12(5)15-14(11(3)4)13-7-6-8-16-13/h6-8,10-12,14-15H,9H2,1-5H3. The van der Waals surface area contributed by atoms with Crippen molar-refractivity contribution >= 4 is 11.3 Å². The van der Waals surface area contributed by atoms with Crippen molar-refractivity contribution in [3.63, 3.8) is 0 Å². The molecule has 0 radical (unpaired) electrons. The highest BCUT2D eigenvalue weighted by Crippen LogP contribution is 2.26. The molecule has 0 saturated carbocycles. The summed E-state index contributed by atoms with van der Waals surface area (Å²) >= 11 is 1.86. The Labute approximate surface area is 104 Å². The van der Waals surface area contributed by atoms with Crippen LogP contribution in [0.1, 0.15) is 52.0 Å². The predicted octanol–water partition coefficient (Wildman–Crippen LogP) is 4.47. The van der Waals surface area contributed by atoms with Crippen LogP contribution in [0.25, 0.3) is 0 Å². The second-order valence-electron chi connectivity index (χ2n) is 5.43. The Kier molecular flexibility index (Phi) is 5.50. The number of thiophene rings is 1. The predicted molar refractivity (Wildman–Crippen MR) is 74.0 cm³/mol. The fourth-order valence-corrected chi connectivity index (χ4v) is 3.11. The van der Waals surface area contributed by atoms with Gasteiger partial charge in [0.15, 0.2) is 0 Å². The van der Waals surface area contributed by atoms with E-state index in [0.717, 1.165) is 5.92 Å². The van der Waals surface area contributed by atoms with Crippen LogP contribution >= 0.6 is 11.3 Å². The van der Waals surface area contributed by atoms with Gasteiger partial charge in [-0.3, -0.25) is 0 Å². The molecule has 1 heterocycles. The Morgan fingerprint density at radius 1 is 1.19 bits per heavy atom. The molecule has 1 nitrogen and oxygen atoms in total. The summed E-state index contributed by atoms with van der Waals surface area (Å²) in [5.41, 5.74) is 0. The zero-order valence-corrected chi connectivity index (χ0v) is 12.0.